The van der Waals surface area contributed by atoms with Crippen molar-refractivity contribution < 1.29 is 22.7 Å². The van der Waals surface area contributed by atoms with Gasteiger partial charge in [0.05, 0.1) is 18.8 Å². The van der Waals surface area contributed by atoms with Crippen molar-refractivity contribution in [1.82, 2.24) is 10.2 Å². The Hall–Kier alpha value is -0.820. The maximum atomic E-state index is 12.1. The summed E-state index contributed by atoms with van der Waals surface area (Å²) in [7, 11) is 0. The molecule has 0 radical (unpaired) electrons. The number of nitrogens with one attached hydrogen (secondary N) is 1. The number of halogens is 3. The van der Waals surface area contributed by atoms with Crippen LogP contribution in [0, 0.1) is 5.92 Å². The molecule has 1 saturated heterocycles. The van der Waals surface area contributed by atoms with Gasteiger partial charge in [-0.3, -0.25) is 10.1 Å². The third kappa shape index (κ3) is 4.65. The summed E-state index contributed by atoms with van der Waals surface area (Å²) in [4.78, 5) is 13.6. The first kappa shape index (κ1) is 16.2. The van der Waals surface area contributed by atoms with Crippen LogP contribution >= 0.6 is 0 Å². The number of amides is 1. The summed E-state index contributed by atoms with van der Waals surface area (Å²) < 4.78 is 40.2. The largest absolute Gasteiger partial charge is 0.411 e. The first-order valence-electron chi connectivity index (χ1n) is 6.47. The van der Waals surface area contributed by atoms with Crippen molar-refractivity contribution >= 4 is 5.91 Å². The van der Waals surface area contributed by atoms with Crippen molar-refractivity contribution in [3.63, 3.8) is 0 Å². The smallest absolute Gasteiger partial charge is 0.370 e. The maximum Gasteiger partial charge on any atom is 0.411 e. The minimum absolute atomic E-state index is 0.0579. The van der Waals surface area contributed by atoms with E-state index in [9.17, 15) is 18.0 Å². The van der Waals surface area contributed by atoms with Crippen LogP contribution in [0.1, 0.15) is 27.2 Å². The number of hydrogen-bond donors (Lipinski definition) is 1. The summed E-state index contributed by atoms with van der Waals surface area (Å²) in [5, 5.41) is 3.16. The highest BCUT2D eigenvalue weighted by atomic mass is 19.4. The van der Waals surface area contributed by atoms with Gasteiger partial charge in [0.25, 0.3) is 0 Å². The molecule has 1 aliphatic heterocycles. The van der Waals surface area contributed by atoms with Gasteiger partial charge in [0.1, 0.15) is 6.61 Å². The van der Waals surface area contributed by atoms with E-state index in [1.807, 2.05) is 20.8 Å². The van der Waals surface area contributed by atoms with E-state index in [2.05, 4.69) is 10.1 Å². The number of ether oxygens (including phenoxy) is 1. The lowest BCUT2D eigenvalue weighted by molar-refractivity contribution is -0.174. The fourth-order valence-electron chi connectivity index (χ4n) is 2.09. The molecule has 1 N–H and O–H groups in total. The van der Waals surface area contributed by atoms with Crippen molar-refractivity contribution in [3.05, 3.63) is 0 Å². The average Bonchev–Trinajstić information content (AvgIpc) is 2.59. The molecule has 0 aromatic carbocycles. The summed E-state index contributed by atoms with van der Waals surface area (Å²) >= 11 is 0. The molecule has 1 fully saturated rings. The van der Waals surface area contributed by atoms with E-state index < -0.39 is 12.8 Å². The van der Waals surface area contributed by atoms with E-state index in [4.69, 9.17) is 0 Å². The quantitative estimate of drug-likeness (QED) is 0.755. The monoisotopic (exact) mass is 282 g/mol. The molecule has 0 aromatic rings. The molecule has 4 nitrogen and oxygen atoms in total. The molecule has 0 saturated carbocycles. The van der Waals surface area contributed by atoms with Crippen LogP contribution in [0.25, 0.3) is 0 Å². The zero-order valence-corrected chi connectivity index (χ0v) is 11.5. The van der Waals surface area contributed by atoms with E-state index in [1.165, 1.54) is 4.90 Å². The summed E-state index contributed by atoms with van der Waals surface area (Å²) in [6.45, 7) is 4.60. The number of carbonyl (C=O) groups is 1. The lowest BCUT2D eigenvalue weighted by Gasteiger charge is -2.21. The van der Waals surface area contributed by atoms with Crippen molar-refractivity contribution in [3.8, 4) is 0 Å². The average molecular weight is 282 g/mol. The fourth-order valence-corrected chi connectivity index (χ4v) is 2.09. The summed E-state index contributed by atoms with van der Waals surface area (Å²) in [6.07, 6.45) is -3.62. The van der Waals surface area contributed by atoms with Crippen molar-refractivity contribution in [2.24, 2.45) is 5.92 Å². The molecule has 1 amide bonds. The molecule has 1 heterocycles. The minimum Gasteiger partial charge on any atom is -0.370 e. The molecule has 19 heavy (non-hydrogen) atoms. The highest BCUT2D eigenvalue weighted by Crippen LogP contribution is 2.19. The third-order valence-electron chi connectivity index (χ3n) is 3.39. The van der Waals surface area contributed by atoms with Crippen molar-refractivity contribution in [2.45, 2.75) is 45.6 Å². The number of nitrogens with zero attached hydrogens (tertiary/aromatic N) is 1. The van der Waals surface area contributed by atoms with Gasteiger partial charge in [0.15, 0.2) is 0 Å². The lowest BCUT2D eigenvalue weighted by Crippen LogP contribution is -2.37. The first-order chi connectivity index (χ1) is 8.76. The summed E-state index contributed by atoms with van der Waals surface area (Å²) in [5.74, 6) is 0.147. The predicted molar refractivity (Wildman–Crippen MR) is 64.4 cm³/mol. The zero-order chi connectivity index (χ0) is 14.6. The van der Waals surface area contributed by atoms with Gasteiger partial charge in [0, 0.05) is 6.54 Å². The Kier molecular flexibility index (Phi) is 5.61. The van der Waals surface area contributed by atoms with E-state index >= 15 is 0 Å². The summed E-state index contributed by atoms with van der Waals surface area (Å²) in [5.41, 5.74) is 0. The normalized spacial score (nSPS) is 26.0. The van der Waals surface area contributed by atoms with Gasteiger partial charge < -0.3 is 9.64 Å². The van der Waals surface area contributed by atoms with Crippen molar-refractivity contribution in [2.75, 3.05) is 19.8 Å². The molecule has 1 aliphatic rings. The van der Waals surface area contributed by atoms with Crippen LogP contribution in [-0.4, -0.2) is 48.9 Å². The van der Waals surface area contributed by atoms with E-state index in [-0.39, 0.29) is 37.2 Å². The van der Waals surface area contributed by atoms with Crippen LogP contribution < -0.4 is 5.32 Å². The van der Waals surface area contributed by atoms with Crippen LogP contribution in [0.5, 0.6) is 0 Å². The van der Waals surface area contributed by atoms with Gasteiger partial charge in [0.2, 0.25) is 5.91 Å². The molecule has 3 atom stereocenters. The number of carbonyl (C=O) groups excluding carboxylic acids is 1. The standard InChI is InChI=1S/C12H21F3N2O2/c1-4-8(2)10-11(18)17(9(3)16-10)5-6-19-7-12(13,14)15/h8-10,16H,4-7H2,1-3H3. The molecule has 0 aliphatic carbocycles. The molecule has 0 bridgehead atoms. The Morgan fingerprint density at radius 1 is 1.47 bits per heavy atom. The molecular weight excluding hydrogens is 261 g/mol. The molecule has 1 rings (SSSR count). The Morgan fingerprint density at radius 3 is 2.63 bits per heavy atom. The van der Waals surface area contributed by atoms with Crippen LogP contribution in [0.3, 0.4) is 0 Å². The Labute approximate surface area is 111 Å². The van der Waals surface area contributed by atoms with Crippen LogP contribution in [0.4, 0.5) is 13.2 Å². The fraction of sp³-hybridized carbons (Fsp3) is 0.917. The first-order valence-corrected chi connectivity index (χ1v) is 6.47. The van der Waals surface area contributed by atoms with Gasteiger partial charge in [-0.2, -0.15) is 13.2 Å². The van der Waals surface area contributed by atoms with E-state index in [0.29, 0.717) is 0 Å². The van der Waals surface area contributed by atoms with Crippen LogP contribution in [-0.2, 0) is 9.53 Å². The lowest BCUT2D eigenvalue weighted by atomic mass is 9.99. The molecule has 0 spiro atoms. The second-order valence-corrected chi connectivity index (χ2v) is 4.91. The number of rotatable bonds is 6. The summed E-state index contributed by atoms with van der Waals surface area (Å²) in [6, 6.07) is -0.248. The van der Waals surface area contributed by atoms with Gasteiger partial charge >= 0.3 is 6.18 Å². The maximum absolute atomic E-state index is 12.1. The molecule has 3 unspecified atom stereocenters. The highest BCUT2D eigenvalue weighted by Gasteiger charge is 2.38. The molecule has 7 heteroatoms. The van der Waals surface area contributed by atoms with Crippen LogP contribution in [0.2, 0.25) is 0 Å². The second kappa shape index (κ2) is 6.56. The Bertz CT molecular complexity index is 310. The minimum atomic E-state index is -4.32. The molecule has 112 valence electrons. The van der Waals surface area contributed by atoms with Gasteiger partial charge in [-0.15, -0.1) is 0 Å². The zero-order valence-electron chi connectivity index (χ0n) is 11.5. The van der Waals surface area contributed by atoms with Gasteiger partial charge in [-0.25, -0.2) is 0 Å². The van der Waals surface area contributed by atoms with Gasteiger partial charge in [-0.05, 0) is 12.8 Å². The highest BCUT2D eigenvalue weighted by molar-refractivity contribution is 5.84. The van der Waals surface area contributed by atoms with Gasteiger partial charge in [-0.1, -0.05) is 20.3 Å². The molecule has 0 aromatic heterocycles. The number of hydrogen-bond acceptors (Lipinski definition) is 3. The van der Waals surface area contributed by atoms with E-state index in [0.717, 1.165) is 6.42 Å². The second-order valence-electron chi connectivity index (χ2n) is 4.91. The molecular formula is C12H21F3N2O2. The predicted octanol–water partition coefficient (Wildman–Crippen LogP) is 1.76. The Balaban J connectivity index is 2.40. The topological polar surface area (TPSA) is 41.6 Å². The van der Waals surface area contributed by atoms with Crippen LogP contribution in [0.15, 0.2) is 0 Å². The number of alkyl halides is 3. The third-order valence-corrected chi connectivity index (χ3v) is 3.39. The SMILES string of the molecule is CCC(C)C1NC(C)N(CCOCC(F)(F)F)C1=O. The van der Waals surface area contributed by atoms with E-state index in [1.54, 1.807) is 0 Å². The Morgan fingerprint density at radius 2 is 2.11 bits per heavy atom. The van der Waals surface area contributed by atoms with Crippen molar-refractivity contribution in [1.29, 1.82) is 0 Å².